The highest BCUT2D eigenvalue weighted by atomic mass is 32.1. The monoisotopic (exact) mass is 367 g/mol. The lowest BCUT2D eigenvalue weighted by atomic mass is 10.2. The summed E-state index contributed by atoms with van der Waals surface area (Å²) in [6, 6.07) is 21.2. The predicted molar refractivity (Wildman–Crippen MR) is 105 cm³/mol. The van der Waals surface area contributed by atoms with Crippen molar-refractivity contribution >= 4 is 17.2 Å². The summed E-state index contributed by atoms with van der Waals surface area (Å²) in [4.78, 5) is 15.0. The van der Waals surface area contributed by atoms with E-state index in [0.717, 1.165) is 5.75 Å². The molecule has 3 rings (SSSR count). The van der Waals surface area contributed by atoms with Gasteiger partial charge < -0.3 is 15.0 Å². The fourth-order valence-corrected chi connectivity index (χ4v) is 3.63. The number of thiophene rings is 1. The molecule has 2 aromatic carbocycles. The van der Waals surface area contributed by atoms with Gasteiger partial charge in [-0.3, -0.25) is 4.79 Å². The van der Waals surface area contributed by atoms with Crippen molar-refractivity contribution in [2.45, 2.75) is 6.04 Å². The van der Waals surface area contributed by atoms with E-state index < -0.39 is 0 Å². The molecule has 5 heteroatoms. The number of carbonyl (C=O) groups is 1. The van der Waals surface area contributed by atoms with E-state index in [1.54, 1.807) is 23.5 Å². The molecule has 0 bridgehead atoms. The lowest BCUT2D eigenvalue weighted by molar-refractivity contribution is -0.890. The van der Waals surface area contributed by atoms with Crippen LogP contribution in [0.5, 0.6) is 11.5 Å². The van der Waals surface area contributed by atoms with E-state index in [1.165, 1.54) is 9.78 Å². The van der Waals surface area contributed by atoms with Gasteiger partial charge in [-0.1, -0.05) is 24.3 Å². The van der Waals surface area contributed by atoms with Gasteiger partial charge in [0.2, 0.25) is 0 Å². The first-order valence-electron chi connectivity index (χ1n) is 8.58. The van der Waals surface area contributed by atoms with Gasteiger partial charge in [-0.25, -0.2) is 0 Å². The number of para-hydroxylation sites is 1. The first-order valence-corrected chi connectivity index (χ1v) is 9.46. The minimum atomic E-state index is -0.0703. The van der Waals surface area contributed by atoms with Crippen LogP contribution in [0, 0.1) is 0 Å². The van der Waals surface area contributed by atoms with Crippen LogP contribution in [0.15, 0.2) is 72.1 Å². The molecule has 1 aromatic heterocycles. The maximum Gasteiger partial charge on any atom is 0.251 e. The van der Waals surface area contributed by atoms with Gasteiger partial charge in [0.25, 0.3) is 5.91 Å². The number of rotatable bonds is 7. The number of hydrogen-bond acceptors (Lipinski definition) is 3. The Morgan fingerprint density at radius 1 is 1.00 bits per heavy atom. The Labute approximate surface area is 158 Å². The van der Waals surface area contributed by atoms with Crippen molar-refractivity contribution in [2.75, 3.05) is 20.6 Å². The zero-order valence-corrected chi connectivity index (χ0v) is 15.8. The lowest BCUT2D eigenvalue weighted by Crippen LogP contribution is -3.06. The Kier molecular flexibility index (Phi) is 6.04. The summed E-state index contributed by atoms with van der Waals surface area (Å²) in [7, 11) is 4.21. The van der Waals surface area contributed by atoms with Crippen LogP contribution in [0.3, 0.4) is 0 Å². The van der Waals surface area contributed by atoms with E-state index in [-0.39, 0.29) is 11.9 Å². The highest BCUT2D eigenvalue weighted by Gasteiger charge is 2.20. The van der Waals surface area contributed by atoms with Crippen molar-refractivity contribution in [1.82, 2.24) is 5.32 Å². The third kappa shape index (κ3) is 4.71. The summed E-state index contributed by atoms with van der Waals surface area (Å²) in [6.45, 7) is 0.601. The standard InChI is InChI=1S/C21H22N2O2S/c1-23(2)19(20-9-6-14-26-20)15-22-21(24)16-10-12-18(13-11-16)25-17-7-4-3-5-8-17/h3-14,19H,15H2,1-2H3,(H,22,24)/p+1/t19-/m0/s1. The second-order valence-corrected chi connectivity index (χ2v) is 7.27. The van der Waals surface area contributed by atoms with E-state index in [1.807, 2.05) is 48.5 Å². The minimum Gasteiger partial charge on any atom is -0.457 e. The second kappa shape index (κ2) is 8.65. The second-order valence-electron chi connectivity index (χ2n) is 6.29. The van der Waals surface area contributed by atoms with Gasteiger partial charge in [-0.2, -0.15) is 0 Å². The van der Waals surface area contributed by atoms with Gasteiger partial charge in [-0.15, -0.1) is 11.3 Å². The third-order valence-electron chi connectivity index (χ3n) is 4.15. The topological polar surface area (TPSA) is 42.8 Å². The molecule has 1 atom stereocenters. The number of amides is 1. The number of carbonyl (C=O) groups excluding carboxylic acids is 1. The Balaban J connectivity index is 1.59. The van der Waals surface area contributed by atoms with Gasteiger partial charge in [-0.05, 0) is 47.8 Å². The number of ether oxygens (including phenoxy) is 1. The van der Waals surface area contributed by atoms with Crippen molar-refractivity contribution in [1.29, 1.82) is 0 Å². The molecular weight excluding hydrogens is 344 g/mol. The number of benzene rings is 2. The predicted octanol–water partition coefficient (Wildman–Crippen LogP) is 3.16. The van der Waals surface area contributed by atoms with Crippen LogP contribution in [-0.4, -0.2) is 26.5 Å². The first-order chi connectivity index (χ1) is 12.6. The molecule has 0 aliphatic rings. The summed E-state index contributed by atoms with van der Waals surface area (Å²) in [6.07, 6.45) is 0. The van der Waals surface area contributed by atoms with E-state index in [9.17, 15) is 4.79 Å². The molecule has 134 valence electrons. The molecule has 1 amide bonds. The summed E-state index contributed by atoms with van der Waals surface area (Å²) < 4.78 is 5.76. The van der Waals surface area contributed by atoms with Crippen LogP contribution in [0.25, 0.3) is 0 Å². The van der Waals surface area contributed by atoms with Gasteiger partial charge >= 0.3 is 0 Å². The molecule has 3 aromatic rings. The number of hydrogen-bond donors (Lipinski definition) is 2. The molecule has 0 saturated carbocycles. The Hall–Kier alpha value is -2.63. The minimum absolute atomic E-state index is 0.0703. The largest absolute Gasteiger partial charge is 0.457 e. The Bertz CT molecular complexity index is 815. The molecule has 0 saturated heterocycles. The van der Waals surface area contributed by atoms with Crippen LogP contribution in [0.2, 0.25) is 0 Å². The van der Waals surface area contributed by atoms with Crippen molar-refractivity contribution < 1.29 is 14.4 Å². The van der Waals surface area contributed by atoms with Crippen LogP contribution in [-0.2, 0) is 0 Å². The molecule has 1 heterocycles. The van der Waals surface area contributed by atoms with E-state index in [0.29, 0.717) is 17.9 Å². The number of nitrogens with one attached hydrogen (secondary N) is 2. The maximum absolute atomic E-state index is 12.5. The molecule has 2 N–H and O–H groups in total. The molecule has 0 fully saturated rings. The lowest BCUT2D eigenvalue weighted by Gasteiger charge is -2.20. The van der Waals surface area contributed by atoms with Crippen molar-refractivity contribution in [2.24, 2.45) is 0 Å². The zero-order chi connectivity index (χ0) is 18.4. The van der Waals surface area contributed by atoms with Crippen molar-refractivity contribution in [3.63, 3.8) is 0 Å². The van der Waals surface area contributed by atoms with Gasteiger partial charge in [0.1, 0.15) is 17.5 Å². The van der Waals surface area contributed by atoms with E-state index >= 15 is 0 Å². The highest BCUT2D eigenvalue weighted by molar-refractivity contribution is 7.10. The zero-order valence-electron chi connectivity index (χ0n) is 14.9. The van der Waals surface area contributed by atoms with Crippen LogP contribution in [0.4, 0.5) is 0 Å². The van der Waals surface area contributed by atoms with Gasteiger partial charge in [0, 0.05) is 5.56 Å². The molecule has 0 aliphatic carbocycles. The van der Waals surface area contributed by atoms with Crippen LogP contribution in [0.1, 0.15) is 21.3 Å². The summed E-state index contributed by atoms with van der Waals surface area (Å²) in [5, 5.41) is 5.11. The van der Waals surface area contributed by atoms with Crippen LogP contribution < -0.4 is 15.0 Å². The molecular formula is C21H23N2O2S+. The fraction of sp³-hybridized carbons (Fsp3) is 0.190. The quantitative estimate of drug-likeness (QED) is 0.674. The smallest absolute Gasteiger partial charge is 0.251 e. The molecule has 0 aliphatic heterocycles. The van der Waals surface area contributed by atoms with Crippen LogP contribution >= 0.6 is 11.3 Å². The highest BCUT2D eigenvalue weighted by Crippen LogP contribution is 2.21. The molecule has 4 nitrogen and oxygen atoms in total. The van der Waals surface area contributed by atoms with Crippen molar-refractivity contribution in [3.8, 4) is 11.5 Å². The first kappa shape index (κ1) is 18.2. The Morgan fingerprint density at radius 2 is 1.69 bits per heavy atom. The number of quaternary nitrogens is 1. The average Bonchev–Trinajstić information content (AvgIpc) is 3.17. The summed E-state index contributed by atoms with van der Waals surface area (Å²) in [5.74, 6) is 1.42. The maximum atomic E-state index is 12.5. The SMILES string of the molecule is C[NH+](C)[C@@H](CNC(=O)c1ccc(Oc2ccccc2)cc1)c1cccs1. The summed E-state index contributed by atoms with van der Waals surface area (Å²) in [5.41, 5.74) is 0.629. The Morgan fingerprint density at radius 3 is 2.31 bits per heavy atom. The van der Waals surface area contributed by atoms with Gasteiger partial charge in [0.05, 0.1) is 25.5 Å². The van der Waals surface area contributed by atoms with Gasteiger partial charge in [0.15, 0.2) is 0 Å². The summed E-state index contributed by atoms with van der Waals surface area (Å²) >= 11 is 1.72. The normalized spacial score (nSPS) is 12.0. The average molecular weight is 367 g/mol. The van der Waals surface area contributed by atoms with E-state index in [4.69, 9.17) is 4.74 Å². The molecule has 0 spiro atoms. The van der Waals surface area contributed by atoms with Crippen molar-refractivity contribution in [3.05, 3.63) is 82.6 Å². The molecule has 26 heavy (non-hydrogen) atoms. The number of likely N-dealkylation sites (N-methyl/N-ethyl adjacent to an activating group) is 1. The molecule has 0 unspecified atom stereocenters. The third-order valence-corrected chi connectivity index (χ3v) is 5.13. The fourth-order valence-electron chi connectivity index (χ4n) is 2.67. The van der Waals surface area contributed by atoms with E-state index in [2.05, 4.69) is 30.9 Å². The molecule has 0 radical (unpaired) electrons.